The van der Waals surface area contributed by atoms with E-state index in [0.29, 0.717) is 19.7 Å². The van der Waals surface area contributed by atoms with E-state index in [0.717, 1.165) is 0 Å². The van der Waals surface area contributed by atoms with Crippen LogP contribution in [-0.4, -0.2) is 64.3 Å². The lowest BCUT2D eigenvalue weighted by molar-refractivity contribution is -0.325. The van der Waals surface area contributed by atoms with E-state index < -0.39 is 18.9 Å². The first kappa shape index (κ1) is 17.1. The third-order valence-electron chi connectivity index (χ3n) is 2.14. The summed E-state index contributed by atoms with van der Waals surface area (Å²) in [5.74, 6) is -0.408. The van der Waals surface area contributed by atoms with Gasteiger partial charge in [-0.2, -0.15) is 0 Å². The van der Waals surface area contributed by atoms with Gasteiger partial charge in [-0.15, -0.1) is 13.2 Å². The Morgan fingerprint density at radius 3 is 2.22 bits per heavy atom. The molecule has 0 aromatic carbocycles. The normalized spacial score (nSPS) is 11.9. The van der Waals surface area contributed by atoms with Gasteiger partial charge in [-0.25, -0.2) is 0 Å². The van der Waals surface area contributed by atoms with Gasteiger partial charge < -0.3 is 9.47 Å². The first-order valence-electron chi connectivity index (χ1n) is 5.38. The van der Waals surface area contributed by atoms with Crippen LogP contribution in [-0.2, 0) is 19.0 Å². The Labute approximate surface area is 104 Å². The predicted molar refractivity (Wildman–Crippen MR) is 57.0 cm³/mol. The third-order valence-corrected chi connectivity index (χ3v) is 2.14. The zero-order valence-electron chi connectivity index (χ0n) is 10.5. The number of halogens is 3. The van der Waals surface area contributed by atoms with Gasteiger partial charge in [-0.1, -0.05) is 0 Å². The van der Waals surface area contributed by atoms with Crippen LogP contribution in [0.3, 0.4) is 0 Å². The number of methoxy groups -OCH3 is 2. The number of esters is 1. The van der Waals surface area contributed by atoms with Crippen LogP contribution in [0.2, 0.25) is 0 Å². The Morgan fingerprint density at radius 2 is 1.72 bits per heavy atom. The summed E-state index contributed by atoms with van der Waals surface area (Å²) in [4.78, 5) is 12.6. The molecule has 0 saturated heterocycles. The highest BCUT2D eigenvalue weighted by atomic mass is 19.4. The molecule has 0 bridgehead atoms. The number of alkyl halides is 3. The standard InChI is InChI=1S/C10H18F3NO4/c1-16-7-5-14(4-3-9(15)17-2)6-8-18-10(11,12)13/h3-8H2,1-2H3. The summed E-state index contributed by atoms with van der Waals surface area (Å²) in [7, 11) is 2.75. The van der Waals surface area contributed by atoms with Crippen LogP contribution < -0.4 is 0 Å². The zero-order chi connectivity index (χ0) is 14.0. The Kier molecular flexibility index (Phi) is 8.69. The summed E-state index contributed by atoms with van der Waals surface area (Å²) in [5.41, 5.74) is 0. The predicted octanol–water partition coefficient (Wildman–Crippen LogP) is 1.03. The quantitative estimate of drug-likeness (QED) is 0.587. The lowest BCUT2D eigenvalue weighted by Gasteiger charge is -2.21. The summed E-state index contributed by atoms with van der Waals surface area (Å²) in [6.07, 6.45) is -4.51. The molecule has 0 saturated carbocycles. The molecule has 18 heavy (non-hydrogen) atoms. The maximum atomic E-state index is 11.8. The van der Waals surface area contributed by atoms with Gasteiger partial charge in [0.2, 0.25) is 0 Å². The fraction of sp³-hybridized carbons (Fsp3) is 0.900. The molecule has 0 aliphatic carbocycles. The van der Waals surface area contributed by atoms with E-state index in [9.17, 15) is 18.0 Å². The molecule has 0 heterocycles. The summed E-state index contributed by atoms with van der Waals surface area (Å²) < 4.78 is 48.3. The van der Waals surface area contributed by atoms with Crippen molar-refractivity contribution in [1.82, 2.24) is 4.90 Å². The van der Waals surface area contributed by atoms with Crippen LogP contribution in [0.25, 0.3) is 0 Å². The van der Waals surface area contributed by atoms with E-state index in [2.05, 4.69) is 9.47 Å². The Hall–Kier alpha value is -0.860. The minimum atomic E-state index is -4.63. The van der Waals surface area contributed by atoms with E-state index in [1.807, 2.05) is 0 Å². The highest BCUT2D eigenvalue weighted by Crippen LogP contribution is 2.15. The van der Waals surface area contributed by atoms with Crippen molar-refractivity contribution in [2.75, 3.05) is 47.1 Å². The smallest absolute Gasteiger partial charge is 0.469 e. The van der Waals surface area contributed by atoms with Crippen LogP contribution in [0.4, 0.5) is 13.2 Å². The Bertz CT molecular complexity index is 236. The summed E-state index contributed by atoms with van der Waals surface area (Å²) in [6, 6.07) is 0. The molecule has 0 rings (SSSR count). The SMILES string of the molecule is COCCN(CCOC(F)(F)F)CCC(=O)OC. The Morgan fingerprint density at radius 1 is 1.11 bits per heavy atom. The molecule has 0 fully saturated rings. The molecule has 0 aliphatic heterocycles. The number of hydrogen-bond donors (Lipinski definition) is 0. The van der Waals surface area contributed by atoms with Gasteiger partial charge in [-0.05, 0) is 0 Å². The molecule has 8 heteroatoms. The van der Waals surface area contributed by atoms with Crippen LogP contribution >= 0.6 is 0 Å². The molecule has 0 amide bonds. The number of nitrogens with zero attached hydrogens (tertiary/aromatic N) is 1. The van der Waals surface area contributed by atoms with Crippen molar-refractivity contribution < 1.29 is 32.2 Å². The minimum absolute atomic E-state index is 0.0693. The third kappa shape index (κ3) is 10.3. The molecule has 0 aromatic rings. The summed E-state index contributed by atoms with van der Waals surface area (Å²) >= 11 is 0. The highest BCUT2D eigenvalue weighted by Gasteiger charge is 2.28. The van der Waals surface area contributed by atoms with Gasteiger partial charge in [0, 0.05) is 26.7 Å². The average molecular weight is 273 g/mol. The van der Waals surface area contributed by atoms with Crippen LogP contribution in [0.1, 0.15) is 6.42 Å². The largest absolute Gasteiger partial charge is 0.522 e. The number of carbonyl (C=O) groups is 1. The monoisotopic (exact) mass is 273 g/mol. The molecule has 0 N–H and O–H groups in total. The number of hydrogen-bond acceptors (Lipinski definition) is 5. The summed E-state index contributed by atoms with van der Waals surface area (Å²) in [6.45, 7) is 0.688. The number of carbonyl (C=O) groups excluding carboxylic acids is 1. The van der Waals surface area contributed by atoms with Gasteiger partial charge in [0.25, 0.3) is 0 Å². The van der Waals surface area contributed by atoms with E-state index in [1.165, 1.54) is 14.2 Å². The second-order valence-electron chi connectivity index (χ2n) is 3.45. The van der Waals surface area contributed by atoms with Crippen molar-refractivity contribution in [2.24, 2.45) is 0 Å². The fourth-order valence-corrected chi connectivity index (χ4v) is 1.20. The van der Waals surface area contributed by atoms with Crippen LogP contribution in [0.15, 0.2) is 0 Å². The maximum absolute atomic E-state index is 11.8. The molecule has 5 nitrogen and oxygen atoms in total. The van der Waals surface area contributed by atoms with Crippen molar-refractivity contribution in [2.45, 2.75) is 12.8 Å². The molecular formula is C10H18F3NO4. The first-order valence-corrected chi connectivity index (χ1v) is 5.38. The molecule has 0 radical (unpaired) electrons. The molecule has 0 unspecified atom stereocenters. The van der Waals surface area contributed by atoms with E-state index >= 15 is 0 Å². The van der Waals surface area contributed by atoms with Crippen molar-refractivity contribution in [3.63, 3.8) is 0 Å². The number of rotatable bonds is 9. The molecule has 0 aromatic heterocycles. The maximum Gasteiger partial charge on any atom is 0.522 e. The van der Waals surface area contributed by atoms with Crippen LogP contribution in [0.5, 0.6) is 0 Å². The molecular weight excluding hydrogens is 255 g/mol. The molecule has 0 aliphatic rings. The second kappa shape index (κ2) is 9.12. The van der Waals surface area contributed by atoms with Crippen molar-refractivity contribution in [1.29, 1.82) is 0 Å². The lowest BCUT2D eigenvalue weighted by atomic mass is 10.3. The lowest BCUT2D eigenvalue weighted by Crippen LogP contribution is -2.34. The fourth-order valence-electron chi connectivity index (χ4n) is 1.20. The van der Waals surface area contributed by atoms with Gasteiger partial charge in [0.05, 0.1) is 26.7 Å². The van der Waals surface area contributed by atoms with Gasteiger partial charge in [0.1, 0.15) is 0 Å². The zero-order valence-corrected chi connectivity index (χ0v) is 10.5. The van der Waals surface area contributed by atoms with Gasteiger partial charge >= 0.3 is 12.3 Å². The molecule has 108 valence electrons. The van der Waals surface area contributed by atoms with Crippen LogP contribution in [0, 0.1) is 0 Å². The van der Waals surface area contributed by atoms with Crippen molar-refractivity contribution >= 4 is 5.97 Å². The van der Waals surface area contributed by atoms with E-state index in [4.69, 9.17) is 4.74 Å². The van der Waals surface area contributed by atoms with Gasteiger partial charge in [-0.3, -0.25) is 14.4 Å². The molecule has 0 spiro atoms. The second-order valence-corrected chi connectivity index (χ2v) is 3.45. The highest BCUT2D eigenvalue weighted by molar-refractivity contribution is 5.69. The average Bonchev–Trinajstić information content (AvgIpc) is 2.29. The topological polar surface area (TPSA) is 48.0 Å². The minimum Gasteiger partial charge on any atom is -0.469 e. The first-order chi connectivity index (χ1) is 8.39. The number of ether oxygens (including phenoxy) is 3. The van der Waals surface area contributed by atoms with Gasteiger partial charge in [0.15, 0.2) is 0 Å². The van der Waals surface area contributed by atoms with Crippen molar-refractivity contribution in [3.8, 4) is 0 Å². The summed E-state index contributed by atoms with van der Waals surface area (Å²) in [5, 5.41) is 0. The Balaban J connectivity index is 3.94. The van der Waals surface area contributed by atoms with Crippen molar-refractivity contribution in [3.05, 3.63) is 0 Å². The van der Waals surface area contributed by atoms with E-state index in [-0.39, 0.29) is 13.0 Å². The molecule has 0 atom stereocenters. The van der Waals surface area contributed by atoms with E-state index in [1.54, 1.807) is 4.90 Å².